The average Bonchev–Trinajstić information content (AvgIpc) is 2.72. The smallest absolute Gasteiger partial charge is 0.160 e. The number of carbonyl (C=O) groups is 1. The summed E-state index contributed by atoms with van der Waals surface area (Å²) in [5.41, 5.74) is 1.97. The minimum Gasteiger partial charge on any atom is -0.493 e. The molecule has 2 atom stereocenters. The van der Waals surface area contributed by atoms with Gasteiger partial charge in [-0.2, -0.15) is 0 Å². The Morgan fingerprint density at radius 3 is 1.39 bits per heavy atom. The molecule has 28 heavy (non-hydrogen) atoms. The summed E-state index contributed by atoms with van der Waals surface area (Å²) < 4.78 is 21.2. The summed E-state index contributed by atoms with van der Waals surface area (Å²) in [4.78, 5) is 12.2. The molecule has 2 unspecified atom stereocenters. The maximum absolute atomic E-state index is 12.8. The second kappa shape index (κ2) is 10.7. The van der Waals surface area contributed by atoms with E-state index in [0.717, 1.165) is 11.1 Å². The van der Waals surface area contributed by atoms with E-state index in [4.69, 9.17) is 18.9 Å². The molecule has 2 aromatic carbocycles. The summed E-state index contributed by atoms with van der Waals surface area (Å²) in [7, 11) is 6.38. The standard InChI is InChI=1S/C21H24Br2O5/c1-25-17-7-5-13(11-19(17)27-3)9-15(22)21(24)16(23)10-14-6-8-18(26-2)20(12-14)28-4/h5-8,11-12,15-16H,9-10H2,1-4H3. The first kappa shape index (κ1) is 22.6. The van der Waals surface area contributed by atoms with Crippen LogP contribution in [0.3, 0.4) is 0 Å². The van der Waals surface area contributed by atoms with Gasteiger partial charge in [0.05, 0.1) is 38.1 Å². The third-order valence-corrected chi connectivity index (χ3v) is 5.89. The van der Waals surface area contributed by atoms with Crippen LogP contribution in [0.4, 0.5) is 0 Å². The lowest BCUT2D eigenvalue weighted by Gasteiger charge is -2.16. The molecule has 0 spiro atoms. The van der Waals surface area contributed by atoms with Crippen molar-refractivity contribution in [1.29, 1.82) is 0 Å². The molecular formula is C21H24Br2O5. The highest BCUT2D eigenvalue weighted by Gasteiger charge is 2.24. The van der Waals surface area contributed by atoms with E-state index in [2.05, 4.69) is 31.9 Å². The van der Waals surface area contributed by atoms with Crippen LogP contribution in [0.25, 0.3) is 0 Å². The second-order valence-electron chi connectivity index (χ2n) is 6.12. The summed E-state index contributed by atoms with van der Waals surface area (Å²) in [5, 5.41) is 0. The quantitative estimate of drug-likeness (QED) is 0.433. The summed E-state index contributed by atoms with van der Waals surface area (Å²) in [6, 6.07) is 11.3. The summed E-state index contributed by atoms with van der Waals surface area (Å²) in [6.07, 6.45) is 1.10. The maximum atomic E-state index is 12.8. The molecule has 0 amide bonds. The van der Waals surface area contributed by atoms with E-state index in [1.54, 1.807) is 28.4 Å². The minimum absolute atomic E-state index is 0.0737. The van der Waals surface area contributed by atoms with Crippen molar-refractivity contribution in [1.82, 2.24) is 0 Å². The first-order valence-electron chi connectivity index (χ1n) is 8.67. The summed E-state index contributed by atoms with van der Waals surface area (Å²) in [5.74, 6) is 2.69. The van der Waals surface area contributed by atoms with Gasteiger partial charge in [0.15, 0.2) is 28.8 Å². The number of hydrogen-bond acceptors (Lipinski definition) is 5. The number of rotatable bonds is 10. The fourth-order valence-electron chi connectivity index (χ4n) is 2.83. The van der Waals surface area contributed by atoms with E-state index in [9.17, 15) is 4.79 Å². The molecule has 2 rings (SSSR count). The van der Waals surface area contributed by atoms with E-state index in [1.807, 2.05) is 36.4 Å². The number of methoxy groups -OCH3 is 4. The third kappa shape index (κ3) is 5.64. The average molecular weight is 516 g/mol. The number of hydrogen-bond donors (Lipinski definition) is 0. The molecule has 5 nitrogen and oxygen atoms in total. The number of Topliss-reactive ketones (excluding diaryl/α,β-unsaturated/α-hetero) is 1. The Hall–Kier alpha value is -1.73. The van der Waals surface area contributed by atoms with Crippen LogP contribution in [0, 0.1) is 0 Å². The highest BCUT2D eigenvalue weighted by molar-refractivity contribution is 9.10. The topological polar surface area (TPSA) is 54.0 Å². The zero-order valence-electron chi connectivity index (χ0n) is 16.3. The Balaban J connectivity index is 2.04. The third-order valence-electron chi connectivity index (χ3n) is 4.34. The first-order chi connectivity index (χ1) is 13.4. The number of carbonyl (C=O) groups excluding carboxylic acids is 1. The lowest BCUT2D eigenvalue weighted by atomic mass is 10.0. The van der Waals surface area contributed by atoms with Crippen molar-refractivity contribution in [3.05, 3.63) is 47.5 Å². The van der Waals surface area contributed by atoms with Crippen molar-refractivity contribution in [3.8, 4) is 23.0 Å². The molecule has 152 valence electrons. The van der Waals surface area contributed by atoms with E-state index in [1.165, 1.54) is 0 Å². The molecule has 0 saturated heterocycles. The van der Waals surface area contributed by atoms with Gasteiger partial charge in [-0.3, -0.25) is 4.79 Å². The highest BCUT2D eigenvalue weighted by atomic mass is 79.9. The van der Waals surface area contributed by atoms with Gasteiger partial charge in [-0.15, -0.1) is 0 Å². The minimum atomic E-state index is -0.324. The fourth-order valence-corrected chi connectivity index (χ4v) is 4.57. The molecule has 0 aromatic heterocycles. The lowest BCUT2D eigenvalue weighted by Crippen LogP contribution is -2.27. The van der Waals surface area contributed by atoms with E-state index >= 15 is 0 Å². The van der Waals surface area contributed by atoms with Gasteiger partial charge in [-0.05, 0) is 48.2 Å². The highest BCUT2D eigenvalue weighted by Crippen LogP contribution is 2.31. The van der Waals surface area contributed by atoms with Crippen LogP contribution >= 0.6 is 31.9 Å². The Kier molecular flexibility index (Phi) is 8.63. The number of halogens is 2. The molecule has 0 saturated carbocycles. The second-order valence-corrected chi connectivity index (χ2v) is 8.33. The zero-order valence-corrected chi connectivity index (χ0v) is 19.5. The van der Waals surface area contributed by atoms with E-state index < -0.39 is 0 Å². The van der Waals surface area contributed by atoms with Gasteiger partial charge in [0.2, 0.25) is 0 Å². The van der Waals surface area contributed by atoms with Crippen LogP contribution in [0.2, 0.25) is 0 Å². The van der Waals surface area contributed by atoms with Gasteiger partial charge in [-0.1, -0.05) is 44.0 Å². The zero-order chi connectivity index (χ0) is 20.7. The monoisotopic (exact) mass is 514 g/mol. The molecule has 0 radical (unpaired) electrons. The molecule has 0 aliphatic rings. The fraction of sp³-hybridized carbons (Fsp3) is 0.381. The van der Waals surface area contributed by atoms with Crippen molar-refractivity contribution >= 4 is 37.6 Å². The number of ketones is 1. The van der Waals surface area contributed by atoms with Crippen LogP contribution < -0.4 is 18.9 Å². The van der Waals surface area contributed by atoms with Gasteiger partial charge >= 0.3 is 0 Å². The summed E-state index contributed by atoms with van der Waals surface area (Å²) in [6.45, 7) is 0. The van der Waals surface area contributed by atoms with Crippen molar-refractivity contribution in [2.75, 3.05) is 28.4 Å². The Bertz CT molecular complexity index is 744. The number of alkyl halides is 2. The number of benzene rings is 2. The maximum Gasteiger partial charge on any atom is 0.160 e. The van der Waals surface area contributed by atoms with Crippen molar-refractivity contribution < 1.29 is 23.7 Å². The summed E-state index contributed by atoms with van der Waals surface area (Å²) >= 11 is 7.06. The predicted molar refractivity (Wildman–Crippen MR) is 117 cm³/mol. The largest absolute Gasteiger partial charge is 0.493 e. The van der Waals surface area contributed by atoms with Crippen molar-refractivity contribution in [2.45, 2.75) is 22.5 Å². The van der Waals surface area contributed by atoms with Gasteiger partial charge in [-0.25, -0.2) is 0 Å². The van der Waals surface area contributed by atoms with Gasteiger partial charge in [0.1, 0.15) is 0 Å². The predicted octanol–water partition coefficient (Wildman–Crippen LogP) is 4.60. The molecule has 0 aliphatic heterocycles. The van der Waals surface area contributed by atoms with Gasteiger partial charge in [0.25, 0.3) is 0 Å². The van der Waals surface area contributed by atoms with Gasteiger partial charge in [0, 0.05) is 0 Å². The normalized spacial score (nSPS) is 12.8. The van der Waals surface area contributed by atoms with E-state index in [-0.39, 0.29) is 15.4 Å². The molecule has 0 fully saturated rings. The van der Waals surface area contributed by atoms with Crippen LogP contribution in [-0.4, -0.2) is 43.9 Å². The van der Waals surface area contributed by atoms with Crippen molar-refractivity contribution in [3.63, 3.8) is 0 Å². The Morgan fingerprint density at radius 1 is 0.714 bits per heavy atom. The Morgan fingerprint density at radius 2 is 1.07 bits per heavy atom. The first-order valence-corrected chi connectivity index (χ1v) is 10.5. The molecule has 7 heteroatoms. The van der Waals surface area contributed by atoms with Crippen LogP contribution in [0.5, 0.6) is 23.0 Å². The number of ether oxygens (including phenoxy) is 4. The Labute approximate surface area is 182 Å². The SMILES string of the molecule is COc1ccc(CC(Br)C(=O)C(Br)Cc2ccc(OC)c(OC)c2)cc1OC. The van der Waals surface area contributed by atoms with Crippen LogP contribution in [0.15, 0.2) is 36.4 Å². The lowest BCUT2D eigenvalue weighted by molar-refractivity contribution is -0.117. The molecule has 2 aromatic rings. The van der Waals surface area contributed by atoms with Gasteiger partial charge < -0.3 is 18.9 Å². The van der Waals surface area contributed by atoms with Crippen molar-refractivity contribution in [2.24, 2.45) is 0 Å². The van der Waals surface area contributed by atoms with Crippen LogP contribution in [0.1, 0.15) is 11.1 Å². The molecule has 0 N–H and O–H groups in total. The van der Waals surface area contributed by atoms with Crippen LogP contribution in [-0.2, 0) is 17.6 Å². The molecular weight excluding hydrogens is 492 g/mol. The molecule has 0 bridgehead atoms. The van der Waals surface area contributed by atoms with E-state index in [0.29, 0.717) is 35.8 Å². The molecule has 0 aliphatic carbocycles. The molecule has 0 heterocycles.